The van der Waals surface area contributed by atoms with Gasteiger partial charge in [0.05, 0.1) is 5.69 Å². The third-order valence-corrected chi connectivity index (χ3v) is 3.88. The van der Waals surface area contributed by atoms with Crippen LogP contribution in [-0.2, 0) is 4.79 Å². The molecule has 0 spiro atoms. The number of thiazole rings is 1. The van der Waals surface area contributed by atoms with Crippen LogP contribution in [0.25, 0.3) is 5.69 Å². The van der Waals surface area contributed by atoms with Crippen molar-refractivity contribution in [3.63, 3.8) is 0 Å². The number of aromatic nitrogens is 1. The van der Waals surface area contributed by atoms with Crippen molar-refractivity contribution in [3.8, 4) is 5.69 Å². The van der Waals surface area contributed by atoms with E-state index < -0.39 is 5.41 Å². The van der Waals surface area contributed by atoms with E-state index in [9.17, 15) is 4.79 Å². The molecule has 1 aromatic heterocycles. The highest BCUT2D eigenvalue weighted by Crippen LogP contribution is 2.17. The lowest BCUT2D eigenvalue weighted by atomic mass is 9.96. The first-order valence-electron chi connectivity index (χ1n) is 6.63. The second kappa shape index (κ2) is 5.37. The minimum Gasteiger partial charge on any atom is -0.292 e. The fraction of sp³-hybridized carbons (Fsp3) is 0.375. The molecule has 1 aromatic carbocycles. The standard InChI is InChI=1S/C16H20N2OS/c1-11-8-6-7-9-13(11)18-10-12(2)20-15(18)17-14(19)16(3,4)5/h6-10H,1-5H3/b17-15-. The second-order valence-electron chi connectivity index (χ2n) is 5.95. The van der Waals surface area contributed by atoms with Gasteiger partial charge in [-0.1, -0.05) is 39.0 Å². The van der Waals surface area contributed by atoms with Crippen molar-refractivity contribution in [1.82, 2.24) is 4.57 Å². The van der Waals surface area contributed by atoms with Crippen molar-refractivity contribution in [2.75, 3.05) is 0 Å². The van der Waals surface area contributed by atoms with Crippen LogP contribution in [-0.4, -0.2) is 10.5 Å². The number of carbonyl (C=O) groups excluding carboxylic acids is 1. The summed E-state index contributed by atoms with van der Waals surface area (Å²) < 4.78 is 2.00. The maximum Gasteiger partial charge on any atom is 0.253 e. The Labute approximate surface area is 123 Å². The van der Waals surface area contributed by atoms with E-state index in [1.54, 1.807) is 0 Å². The molecule has 0 aliphatic carbocycles. The molecule has 0 bridgehead atoms. The molecule has 3 nitrogen and oxygen atoms in total. The number of hydrogen-bond acceptors (Lipinski definition) is 2. The number of carbonyl (C=O) groups is 1. The van der Waals surface area contributed by atoms with Crippen LogP contribution in [0.4, 0.5) is 0 Å². The molecule has 0 aliphatic rings. The summed E-state index contributed by atoms with van der Waals surface area (Å²) in [6, 6.07) is 8.11. The number of benzene rings is 1. The summed E-state index contributed by atoms with van der Waals surface area (Å²) >= 11 is 1.54. The molecule has 0 saturated heterocycles. The Bertz CT molecular complexity index is 702. The zero-order chi connectivity index (χ0) is 14.9. The highest BCUT2D eigenvalue weighted by atomic mass is 32.1. The molecule has 0 aliphatic heterocycles. The number of rotatable bonds is 1. The van der Waals surface area contributed by atoms with Gasteiger partial charge in [-0.05, 0) is 25.5 Å². The summed E-state index contributed by atoms with van der Waals surface area (Å²) in [5, 5.41) is 0. The molecule has 0 saturated carbocycles. The monoisotopic (exact) mass is 288 g/mol. The van der Waals surface area contributed by atoms with Crippen LogP contribution >= 0.6 is 11.3 Å². The number of hydrogen-bond donors (Lipinski definition) is 0. The van der Waals surface area contributed by atoms with Gasteiger partial charge in [-0.15, -0.1) is 11.3 Å². The summed E-state index contributed by atoms with van der Waals surface area (Å²) in [6.07, 6.45) is 2.03. The first-order valence-corrected chi connectivity index (χ1v) is 7.45. The lowest BCUT2D eigenvalue weighted by molar-refractivity contribution is -0.125. The van der Waals surface area contributed by atoms with Crippen molar-refractivity contribution in [3.05, 3.63) is 45.7 Å². The van der Waals surface area contributed by atoms with Gasteiger partial charge >= 0.3 is 0 Å². The quantitative estimate of drug-likeness (QED) is 0.789. The summed E-state index contributed by atoms with van der Waals surface area (Å²) in [7, 11) is 0. The first-order chi connectivity index (χ1) is 9.29. The van der Waals surface area contributed by atoms with Crippen LogP contribution in [0.5, 0.6) is 0 Å². The van der Waals surface area contributed by atoms with Crippen LogP contribution in [0.3, 0.4) is 0 Å². The number of amides is 1. The van der Waals surface area contributed by atoms with E-state index in [4.69, 9.17) is 0 Å². The van der Waals surface area contributed by atoms with Gasteiger partial charge in [0.2, 0.25) is 0 Å². The molecule has 4 heteroatoms. The summed E-state index contributed by atoms with van der Waals surface area (Å²) in [4.78, 5) is 18.3. The van der Waals surface area contributed by atoms with E-state index in [1.807, 2.05) is 56.7 Å². The Morgan fingerprint density at radius 3 is 2.45 bits per heavy atom. The number of nitrogens with zero attached hydrogens (tertiary/aromatic N) is 2. The first kappa shape index (κ1) is 14.7. The number of aryl methyl sites for hydroxylation is 2. The van der Waals surface area contributed by atoms with Crippen LogP contribution in [0.2, 0.25) is 0 Å². The molecule has 106 valence electrons. The van der Waals surface area contributed by atoms with Gasteiger partial charge in [0, 0.05) is 16.5 Å². The molecule has 2 rings (SSSR count). The van der Waals surface area contributed by atoms with Crippen molar-refractivity contribution < 1.29 is 4.79 Å². The van der Waals surface area contributed by atoms with Crippen LogP contribution < -0.4 is 4.80 Å². The summed E-state index contributed by atoms with van der Waals surface area (Å²) in [5.74, 6) is -0.0957. The minimum absolute atomic E-state index is 0.0957. The maximum atomic E-state index is 12.1. The summed E-state index contributed by atoms with van der Waals surface area (Å²) in [6.45, 7) is 9.75. The molecule has 20 heavy (non-hydrogen) atoms. The van der Waals surface area contributed by atoms with E-state index in [0.29, 0.717) is 0 Å². The zero-order valence-electron chi connectivity index (χ0n) is 12.6. The fourth-order valence-electron chi connectivity index (χ4n) is 1.79. The van der Waals surface area contributed by atoms with Gasteiger partial charge in [-0.2, -0.15) is 4.99 Å². The maximum absolute atomic E-state index is 12.1. The van der Waals surface area contributed by atoms with E-state index in [-0.39, 0.29) is 5.91 Å². The van der Waals surface area contributed by atoms with Gasteiger partial charge in [-0.3, -0.25) is 9.36 Å². The smallest absolute Gasteiger partial charge is 0.253 e. The van der Waals surface area contributed by atoms with E-state index >= 15 is 0 Å². The Kier molecular flexibility index (Phi) is 3.95. The van der Waals surface area contributed by atoms with Crippen molar-refractivity contribution in [1.29, 1.82) is 0 Å². The predicted molar refractivity (Wildman–Crippen MR) is 83.1 cm³/mol. The molecule has 0 atom stereocenters. The molecule has 0 fully saturated rings. The lowest BCUT2D eigenvalue weighted by Gasteiger charge is -2.12. The zero-order valence-corrected chi connectivity index (χ0v) is 13.4. The molecule has 0 radical (unpaired) electrons. The Morgan fingerprint density at radius 1 is 1.20 bits per heavy atom. The molecule has 0 N–H and O–H groups in total. The fourth-order valence-corrected chi connectivity index (χ4v) is 2.62. The second-order valence-corrected chi connectivity index (χ2v) is 7.16. The Hall–Kier alpha value is -1.68. The van der Waals surface area contributed by atoms with Gasteiger partial charge in [0.25, 0.3) is 5.91 Å². The van der Waals surface area contributed by atoms with Crippen LogP contribution in [0, 0.1) is 19.3 Å². The average molecular weight is 288 g/mol. The molecular formula is C16H20N2OS. The van der Waals surface area contributed by atoms with E-state index in [1.165, 1.54) is 11.3 Å². The van der Waals surface area contributed by atoms with E-state index in [0.717, 1.165) is 20.9 Å². The minimum atomic E-state index is -0.457. The highest BCUT2D eigenvalue weighted by Gasteiger charge is 2.21. The van der Waals surface area contributed by atoms with E-state index in [2.05, 4.69) is 18.0 Å². The topological polar surface area (TPSA) is 34.4 Å². The molecular weight excluding hydrogens is 268 g/mol. The van der Waals surface area contributed by atoms with Gasteiger partial charge in [-0.25, -0.2) is 0 Å². The summed E-state index contributed by atoms with van der Waals surface area (Å²) in [5.41, 5.74) is 1.77. The van der Waals surface area contributed by atoms with Gasteiger partial charge < -0.3 is 0 Å². The Morgan fingerprint density at radius 2 is 1.85 bits per heavy atom. The van der Waals surface area contributed by atoms with Crippen LogP contribution in [0.1, 0.15) is 31.2 Å². The van der Waals surface area contributed by atoms with Crippen molar-refractivity contribution >= 4 is 17.2 Å². The van der Waals surface area contributed by atoms with Gasteiger partial charge in [0.15, 0.2) is 4.80 Å². The number of para-hydroxylation sites is 1. The SMILES string of the molecule is Cc1cn(-c2ccccc2C)/c(=N/C(=O)C(C)(C)C)s1. The molecule has 2 aromatic rings. The third kappa shape index (κ3) is 3.07. The molecule has 1 amide bonds. The highest BCUT2D eigenvalue weighted by molar-refractivity contribution is 7.09. The van der Waals surface area contributed by atoms with Crippen molar-refractivity contribution in [2.45, 2.75) is 34.6 Å². The molecule has 0 unspecified atom stereocenters. The Balaban J connectivity index is 2.61. The molecule has 1 heterocycles. The van der Waals surface area contributed by atoms with Gasteiger partial charge in [0.1, 0.15) is 0 Å². The lowest BCUT2D eigenvalue weighted by Crippen LogP contribution is -2.23. The predicted octanol–water partition coefficient (Wildman–Crippen LogP) is 3.63. The van der Waals surface area contributed by atoms with Crippen molar-refractivity contribution in [2.24, 2.45) is 10.4 Å². The average Bonchev–Trinajstić information content (AvgIpc) is 2.69. The van der Waals surface area contributed by atoms with Crippen LogP contribution in [0.15, 0.2) is 35.5 Å². The largest absolute Gasteiger partial charge is 0.292 e. The third-order valence-electron chi connectivity index (χ3n) is 2.98. The normalized spacial score (nSPS) is 12.8.